The second-order valence-electron chi connectivity index (χ2n) is 4.23. The van der Waals surface area contributed by atoms with Crippen LogP contribution >= 0.6 is 0 Å². The van der Waals surface area contributed by atoms with Gasteiger partial charge < -0.3 is 5.32 Å². The van der Waals surface area contributed by atoms with E-state index in [0.29, 0.717) is 5.69 Å². The SMILES string of the molecule is CCCNc1ccncc1S(=O)(=O)NC(C)CC. The van der Waals surface area contributed by atoms with Crippen molar-refractivity contribution in [2.45, 2.75) is 44.6 Å². The summed E-state index contributed by atoms with van der Waals surface area (Å²) in [7, 11) is -3.51. The fraction of sp³-hybridized carbons (Fsp3) is 0.583. The average Bonchev–Trinajstić information content (AvgIpc) is 2.36. The summed E-state index contributed by atoms with van der Waals surface area (Å²) in [4.78, 5) is 4.10. The van der Waals surface area contributed by atoms with Crippen LogP contribution < -0.4 is 10.0 Å². The molecular weight excluding hydrogens is 250 g/mol. The molecule has 1 rings (SSSR count). The van der Waals surface area contributed by atoms with Crippen LogP contribution in [-0.2, 0) is 10.0 Å². The summed E-state index contributed by atoms with van der Waals surface area (Å²) in [5.74, 6) is 0. The quantitative estimate of drug-likeness (QED) is 0.795. The monoisotopic (exact) mass is 271 g/mol. The van der Waals surface area contributed by atoms with Crippen molar-refractivity contribution in [2.75, 3.05) is 11.9 Å². The van der Waals surface area contributed by atoms with E-state index in [0.717, 1.165) is 19.4 Å². The standard InChI is InChI=1S/C12H21N3O2S/c1-4-7-14-11-6-8-13-9-12(11)18(16,17)15-10(3)5-2/h6,8-10,15H,4-5,7H2,1-3H3,(H,13,14). The minimum absolute atomic E-state index is 0.0887. The van der Waals surface area contributed by atoms with E-state index >= 15 is 0 Å². The third-order valence-electron chi connectivity index (χ3n) is 2.61. The van der Waals surface area contributed by atoms with Crippen LogP contribution in [0.25, 0.3) is 0 Å². The largest absolute Gasteiger partial charge is 0.384 e. The van der Waals surface area contributed by atoms with Crippen LogP contribution in [-0.4, -0.2) is 26.0 Å². The van der Waals surface area contributed by atoms with Crippen LogP contribution in [0.3, 0.4) is 0 Å². The van der Waals surface area contributed by atoms with Crippen molar-refractivity contribution in [3.63, 3.8) is 0 Å². The van der Waals surface area contributed by atoms with Crippen molar-refractivity contribution in [2.24, 2.45) is 0 Å². The zero-order valence-electron chi connectivity index (χ0n) is 11.1. The Labute approximate surface area is 109 Å². The molecule has 18 heavy (non-hydrogen) atoms. The molecule has 1 atom stereocenters. The molecule has 0 saturated heterocycles. The zero-order valence-corrected chi connectivity index (χ0v) is 11.9. The fourth-order valence-electron chi connectivity index (χ4n) is 1.41. The molecule has 5 nitrogen and oxygen atoms in total. The highest BCUT2D eigenvalue weighted by atomic mass is 32.2. The van der Waals surface area contributed by atoms with Crippen molar-refractivity contribution < 1.29 is 8.42 Å². The molecule has 0 spiro atoms. The second-order valence-corrected chi connectivity index (χ2v) is 5.91. The summed E-state index contributed by atoms with van der Waals surface area (Å²) in [6.45, 7) is 6.54. The first-order chi connectivity index (χ1) is 8.51. The zero-order chi connectivity index (χ0) is 13.6. The number of nitrogens with zero attached hydrogens (tertiary/aromatic N) is 1. The lowest BCUT2D eigenvalue weighted by Crippen LogP contribution is -2.32. The summed E-state index contributed by atoms with van der Waals surface area (Å²) in [6.07, 6.45) is 4.64. The van der Waals surface area contributed by atoms with Crippen molar-refractivity contribution in [3.05, 3.63) is 18.5 Å². The van der Waals surface area contributed by atoms with E-state index in [-0.39, 0.29) is 10.9 Å². The number of sulfonamides is 1. The van der Waals surface area contributed by atoms with Crippen molar-refractivity contribution >= 4 is 15.7 Å². The highest BCUT2D eigenvalue weighted by Gasteiger charge is 2.20. The van der Waals surface area contributed by atoms with Gasteiger partial charge >= 0.3 is 0 Å². The van der Waals surface area contributed by atoms with Gasteiger partial charge in [0.2, 0.25) is 10.0 Å². The summed E-state index contributed by atoms with van der Waals surface area (Å²) in [5, 5.41) is 3.10. The summed E-state index contributed by atoms with van der Waals surface area (Å²) >= 11 is 0. The maximum atomic E-state index is 12.2. The molecular formula is C12H21N3O2S. The van der Waals surface area contributed by atoms with Crippen LogP contribution in [0.5, 0.6) is 0 Å². The van der Waals surface area contributed by atoms with Crippen LogP contribution in [0.1, 0.15) is 33.6 Å². The Kier molecular flexibility index (Phi) is 5.55. The maximum Gasteiger partial charge on any atom is 0.244 e. The molecule has 1 heterocycles. The van der Waals surface area contributed by atoms with E-state index in [1.807, 2.05) is 20.8 Å². The molecule has 2 N–H and O–H groups in total. The van der Waals surface area contributed by atoms with Crippen LogP contribution in [0.2, 0.25) is 0 Å². The Bertz CT molecular complexity index is 474. The minimum Gasteiger partial charge on any atom is -0.384 e. The summed E-state index contributed by atoms with van der Waals surface area (Å²) < 4.78 is 27.0. The van der Waals surface area contributed by atoms with Crippen molar-refractivity contribution in [1.82, 2.24) is 9.71 Å². The van der Waals surface area contributed by atoms with Crippen LogP contribution in [0.15, 0.2) is 23.4 Å². The smallest absolute Gasteiger partial charge is 0.244 e. The van der Waals surface area contributed by atoms with Gasteiger partial charge in [-0.15, -0.1) is 0 Å². The normalized spacial score (nSPS) is 13.3. The summed E-state index contributed by atoms with van der Waals surface area (Å²) in [5.41, 5.74) is 0.600. The molecule has 0 bridgehead atoms. The van der Waals surface area contributed by atoms with E-state index < -0.39 is 10.0 Å². The number of hydrogen-bond donors (Lipinski definition) is 2. The van der Waals surface area contributed by atoms with E-state index in [4.69, 9.17) is 0 Å². The Balaban J connectivity index is 3.00. The number of aromatic nitrogens is 1. The predicted octanol–water partition coefficient (Wildman–Crippen LogP) is 1.98. The third kappa shape index (κ3) is 3.96. The van der Waals surface area contributed by atoms with Crippen molar-refractivity contribution in [1.29, 1.82) is 0 Å². The van der Waals surface area contributed by atoms with E-state index in [1.54, 1.807) is 12.3 Å². The number of hydrogen-bond acceptors (Lipinski definition) is 4. The van der Waals surface area contributed by atoms with Gasteiger partial charge in [-0.1, -0.05) is 13.8 Å². The summed E-state index contributed by atoms with van der Waals surface area (Å²) in [6, 6.07) is 1.59. The van der Waals surface area contributed by atoms with Gasteiger partial charge in [-0.3, -0.25) is 4.98 Å². The molecule has 102 valence electrons. The Morgan fingerprint density at radius 3 is 2.72 bits per heavy atom. The number of nitrogens with one attached hydrogen (secondary N) is 2. The molecule has 0 amide bonds. The van der Waals surface area contributed by atoms with Gasteiger partial charge in [-0.05, 0) is 25.8 Å². The van der Waals surface area contributed by atoms with Gasteiger partial charge in [0.15, 0.2) is 0 Å². The molecule has 6 heteroatoms. The molecule has 0 aliphatic rings. The third-order valence-corrected chi connectivity index (χ3v) is 4.23. The number of anilines is 1. The predicted molar refractivity (Wildman–Crippen MR) is 73.1 cm³/mol. The Hall–Kier alpha value is -1.14. The topological polar surface area (TPSA) is 71.1 Å². The second kappa shape index (κ2) is 6.70. The van der Waals surface area contributed by atoms with Gasteiger partial charge in [0.05, 0.1) is 5.69 Å². The first-order valence-electron chi connectivity index (χ1n) is 6.21. The average molecular weight is 271 g/mol. The Morgan fingerprint density at radius 2 is 2.11 bits per heavy atom. The highest BCUT2D eigenvalue weighted by molar-refractivity contribution is 7.89. The van der Waals surface area contributed by atoms with Crippen molar-refractivity contribution in [3.8, 4) is 0 Å². The van der Waals surface area contributed by atoms with Gasteiger partial charge in [0, 0.05) is 25.0 Å². The lowest BCUT2D eigenvalue weighted by Gasteiger charge is -2.15. The van der Waals surface area contributed by atoms with Gasteiger partial charge in [-0.2, -0.15) is 0 Å². The Morgan fingerprint density at radius 1 is 1.39 bits per heavy atom. The van der Waals surface area contributed by atoms with Gasteiger partial charge in [0.25, 0.3) is 0 Å². The molecule has 1 aromatic heterocycles. The van der Waals surface area contributed by atoms with E-state index in [1.165, 1.54) is 6.20 Å². The van der Waals surface area contributed by atoms with Gasteiger partial charge in [0.1, 0.15) is 4.90 Å². The molecule has 1 aromatic rings. The molecule has 0 aliphatic carbocycles. The minimum atomic E-state index is -3.51. The first-order valence-corrected chi connectivity index (χ1v) is 7.69. The van der Waals surface area contributed by atoms with E-state index in [2.05, 4.69) is 15.0 Å². The number of rotatable bonds is 7. The molecule has 0 aliphatic heterocycles. The number of pyridine rings is 1. The van der Waals surface area contributed by atoms with Gasteiger partial charge in [-0.25, -0.2) is 13.1 Å². The molecule has 0 fully saturated rings. The molecule has 0 saturated carbocycles. The lowest BCUT2D eigenvalue weighted by molar-refractivity contribution is 0.555. The lowest BCUT2D eigenvalue weighted by atomic mass is 10.3. The van der Waals surface area contributed by atoms with Crippen LogP contribution in [0, 0.1) is 0 Å². The highest BCUT2D eigenvalue weighted by Crippen LogP contribution is 2.19. The van der Waals surface area contributed by atoms with Crippen LogP contribution in [0.4, 0.5) is 5.69 Å². The molecule has 0 aromatic carbocycles. The fourth-order valence-corrected chi connectivity index (χ4v) is 2.86. The first kappa shape index (κ1) is 14.9. The van der Waals surface area contributed by atoms with E-state index in [9.17, 15) is 8.42 Å². The maximum absolute atomic E-state index is 12.2. The molecule has 0 radical (unpaired) electrons. The molecule has 1 unspecified atom stereocenters.